The van der Waals surface area contributed by atoms with Crippen molar-refractivity contribution in [1.82, 2.24) is 10.4 Å². The summed E-state index contributed by atoms with van der Waals surface area (Å²) in [7, 11) is 3.46. The van der Waals surface area contributed by atoms with Gasteiger partial charge in [-0.25, -0.2) is 5.01 Å². The molecule has 0 saturated carbocycles. The third-order valence-electron chi connectivity index (χ3n) is 1.52. The van der Waals surface area contributed by atoms with Crippen molar-refractivity contribution in [3.63, 3.8) is 0 Å². The lowest BCUT2D eigenvalue weighted by molar-refractivity contribution is 0.0857. The monoisotopic (exact) mass is 230 g/mol. The van der Waals surface area contributed by atoms with Gasteiger partial charge in [-0.2, -0.15) is 0 Å². The molecule has 0 bridgehead atoms. The van der Waals surface area contributed by atoms with E-state index < -0.39 is 0 Å². The fraction of sp³-hybridized carbons (Fsp3) is 0.222. The van der Waals surface area contributed by atoms with Crippen LogP contribution in [0.5, 0.6) is 0 Å². The van der Waals surface area contributed by atoms with Crippen LogP contribution in [0.25, 0.3) is 0 Å². The van der Waals surface area contributed by atoms with E-state index in [4.69, 9.17) is 11.6 Å². The van der Waals surface area contributed by atoms with E-state index in [2.05, 4.69) is 18.1 Å². The van der Waals surface area contributed by atoms with Crippen LogP contribution in [0.2, 0.25) is 5.02 Å². The largest absolute Gasteiger partial charge is 0.285 e. The van der Waals surface area contributed by atoms with Gasteiger partial charge in [0.1, 0.15) is 0 Å². The molecule has 1 amide bonds. The number of amides is 1. The summed E-state index contributed by atoms with van der Waals surface area (Å²) in [5.41, 5.74) is 3.03. The number of nitrogens with one attached hydrogen (secondary N) is 1. The van der Waals surface area contributed by atoms with Crippen LogP contribution in [0.15, 0.2) is 23.1 Å². The Balaban J connectivity index is 2.94. The van der Waals surface area contributed by atoms with Gasteiger partial charge in [-0.05, 0) is 18.2 Å². The molecule has 0 atom stereocenters. The number of thiol groups is 1. The average molecular weight is 231 g/mol. The molecule has 0 aliphatic carbocycles. The fourth-order valence-electron chi connectivity index (χ4n) is 0.951. The molecule has 1 aromatic rings. The third kappa shape index (κ3) is 2.90. The summed E-state index contributed by atoms with van der Waals surface area (Å²) in [5, 5.41) is 1.98. The van der Waals surface area contributed by atoms with Crippen LogP contribution in [0.1, 0.15) is 10.4 Å². The molecule has 76 valence electrons. The van der Waals surface area contributed by atoms with E-state index in [0.29, 0.717) is 15.5 Å². The van der Waals surface area contributed by atoms with Crippen LogP contribution in [0, 0.1) is 0 Å². The summed E-state index contributed by atoms with van der Waals surface area (Å²) < 4.78 is 0. The molecule has 0 spiro atoms. The Morgan fingerprint density at radius 1 is 1.50 bits per heavy atom. The first-order chi connectivity index (χ1) is 6.50. The van der Waals surface area contributed by atoms with Gasteiger partial charge in [0.15, 0.2) is 0 Å². The highest BCUT2D eigenvalue weighted by molar-refractivity contribution is 7.80. The van der Waals surface area contributed by atoms with E-state index in [0.717, 1.165) is 0 Å². The van der Waals surface area contributed by atoms with Gasteiger partial charge >= 0.3 is 0 Å². The smallest absolute Gasteiger partial charge is 0.267 e. The quantitative estimate of drug-likeness (QED) is 0.600. The lowest BCUT2D eigenvalue weighted by Crippen LogP contribution is -2.36. The van der Waals surface area contributed by atoms with E-state index in [9.17, 15) is 4.79 Å². The lowest BCUT2D eigenvalue weighted by Gasteiger charge is -2.12. The molecular weight excluding hydrogens is 220 g/mol. The Morgan fingerprint density at radius 2 is 2.14 bits per heavy atom. The zero-order chi connectivity index (χ0) is 10.7. The van der Waals surface area contributed by atoms with Crippen molar-refractivity contribution in [2.75, 3.05) is 14.1 Å². The topological polar surface area (TPSA) is 32.3 Å². The molecule has 5 heteroatoms. The number of carbonyl (C=O) groups excluding carboxylic acids is 1. The first-order valence-electron chi connectivity index (χ1n) is 3.97. The Kier molecular flexibility index (Phi) is 3.80. The predicted octanol–water partition coefficient (Wildman–Crippen LogP) is 1.84. The summed E-state index contributed by atoms with van der Waals surface area (Å²) in [4.78, 5) is 12.3. The first-order valence-corrected chi connectivity index (χ1v) is 4.80. The molecule has 0 saturated heterocycles. The average Bonchev–Trinajstić information content (AvgIpc) is 2.08. The first kappa shape index (κ1) is 11.4. The van der Waals surface area contributed by atoms with Gasteiger partial charge < -0.3 is 0 Å². The van der Waals surface area contributed by atoms with Crippen molar-refractivity contribution < 1.29 is 4.79 Å². The maximum Gasteiger partial charge on any atom is 0.267 e. The second kappa shape index (κ2) is 4.68. The number of hydrazine groups is 1. The normalized spacial score (nSPS) is 10.4. The minimum atomic E-state index is -0.240. The molecule has 1 N–H and O–H groups in total. The van der Waals surface area contributed by atoms with Gasteiger partial charge in [-0.3, -0.25) is 10.2 Å². The van der Waals surface area contributed by atoms with Crippen molar-refractivity contribution in [1.29, 1.82) is 0 Å². The second-order valence-electron chi connectivity index (χ2n) is 3.00. The van der Waals surface area contributed by atoms with Gasteiger partial charge in [-0.1, -0.05) is 11.6 Å². The van der Waals surface area contributed by atoms with Crippen molar-refractivity contribution >= 4 is 30.1 Å². The van der Waals surface area contributed by atoms with Gasteiger partial charge in [0, 0.05) is 19.0 Å². The Morgan fingerprint density at radius 3 is 2.71 bits per heavy atom. The molecule has 0 heterocycles. The summed E-state index contributed by atoms with van der Waals surface area (Å²) in [6.45, 7) is 0. The maximum absolute atomic E-state index is 11.6. The second-order valence-corrected chi connectivity index (χ2v) is 3.92. The Bertz CT molecular complexity index is 355. The number of rotatable bonds is 2. The summed E-state index contributed by atoms with van der Waals surface area (Å²) >= 11 is 10.00. The zero-order valence-electron chi connectivity index (χ0n) is 7.91. The van der Waals surface area contributed by atoms with E-state index in [-0.39, 0.29) is 5.91 Å². The third-order valence-corrected chi connectivity index (χ3v) is 2.13. The van der Waals surface area contributed by atoms with E-state index in [1.807, 2.05) is 0 Å². The lowest BCUT2D eigenvalue weighted by atomic mass is 10.2. The number of halogens is 1. The molecule has 0 fully saturated rings. The molecule has 0 aliphatic heterocycles. The SMILES string of the molecule is CN(C)NC(=O)c1cc(S)ccc1Cl. The maximum atomic E-state index is 11.6. The zero-order valence-corrected chi connectivity index (χ0v) is 9.56. The summed E-state index contributed by atoms with van der Waals surface area (Å²) in [6.07, 6.45) is 0. The molecule has 1 rings (SSSR count). The number of hydrogen-bond acceptors (Lipinski definition) is 3. The molecular formula is C9H11ClN2OS. The Hall–Kier alpha value is -0.710. The van der Waals surface area contributed by atoms with Crippen molar-refractivity contribution in [2.45, 2.75) is 4.90 Å². The van der Waals surface area contributed by atoms with Crippen LogP contribution in [0.4, 0.5) is 0 Å². The highest BCUT2D eigenvalue weighted by Crippen LogP contribution is 2.19. The van der Waals surface area contributed by atoms with Gasteiger partial charge in [-0.15, -0.1) is 12.6 Å². The molecule has 0 aromatic heterocycles. The van der Waals surface area contributed by atoms with E-state index in [1.165, 1.54) is 0 Å². The molecule has 0 radical (unpaired) electrons. The van der Waals surface area contributed by atoms with E-state index >= 15 is 0 Å². The number of nitrogens with zero attached hydrogens (tertiary/aromatic N) is 1. The van der Waals surface area contributed by atoms with Crippen molar-refractivity contribution in [2.24, 2.45) is 0 Å². The van der Waals surface area contributed by atoms with Crippen LogP contribution in [0.3, 0.4) is 0 Å². The standard InChI is InChI=1S/C9H11ClN2OS/c1-12(2)11-9(13)7-5-6(14)3-4-8(7)10/h3-5,14H,1-2H3,(H,11,13). The number of hydrogen-bond donors (Lipinski definition) is 2. The molecule has 1 aromatic carbocycles. The van der Waals surface area contributed by atoms with Crippen LogP contribution in [-0.4, -0.2) is 25.0 Å². The van der Waals surface area contributed by atoms with E-state index in [1.54, 1.807) is 37.3 Å². The number of benzene rings is 1. The molecule has 14 heavy (non-hydrogen) atoms. The highest BCUT2D eigenvalue weighted by atomic mass is 35.5. The van der Waals surface area contributed by atoms with Gasteiger partial charge in [0.25, 0.3) is 5.91 Å². The van der Waals surface area contributed by atoms with Crippen molar-refractivity contribution in [3.05, 3.63) is 28.8 Å². The van der Waals surface area contributed by atoms with Gasteiger partial charge in [0.2, 0.25) is 0 Å². The minimum Gasteiger partial charge on any atom is -0.285 e. The molecule has 0 unspecified atom stereocenters. The number of carbonyl (C=O) groups is 1. The highest BCUT2D eigenvalue weighted by Gasteiger charge is 2.10. The molecule has 0 aliphatic rings. The predicted molar refractivity (Wildman–Crippen MR) is 59.9 cm³/mol. The fourth-order valence-corrected chi connectivity index (χ4v) is 1.36. The van der Waals surface area contributed by atoms with Crippen LogP contribution < -0.4 is 5.43 Å². The minimum absolute atomic E-state index is 0.240. The van der Waals surface area contributed by atoms with Crippen molar-refractivity contribution in [3.8, 4) is 0 Å². The van der Waals surface area contributed by atoms with Crippen LogP contribution >= 0.6 is 24.2 Å². The van der Waals surface area contributed by atoms with Crippen LogP contribution in [-0.2, 0) is 0 Å². The van der Waals surface area contributed by atoms with Gasteiger partial charge in [0.05, 0.1) is 10.6 Å². The Labute approximate surface area is 93.4 Å². The summed E-state index contributed by atoms with van der Waals surface area (Å²) in [5.74, 6) is -0.240. The molecule has 3 nitrogen and oxygen atoms in total. The summed E-state index contributed by atoms with van der Waals surface area (Å²) in [6, 6.07) is 5.01.